The maximum atomic E-state index is 6.04. The maximum absolute atomic E-state index is 6.04. The van der Waals surface area contributed by atoms with E-state index in [-0.39, 0.29) is 23.5 Å². The van der Waals surface area contributed by atoms with Gasteiger partial charge in [0, 0.05) is 0 Å². The Bertz CT molecular complexity index is 908. The summed E-state index contributed by atoms with van der Waals surface area (Å²) in [6.07, 6.45) is 0. The lowest BCUT2D eigenvalue weighted by Gasteiger charge is -2.23. The van der Waals surface area contributed by atoms with E-state index in [2.05, 4.69) is 135 Å². The first-order valence-electron chi connectivity index (χ1n) is 12.1. The second-order valence-corrected chi connectivity index (χ2v) is 11.8. The molecule has 0 saturated heterocycles. The van der Waals surface area contributed by atoms with Crippen molar-refractivity contribution in [2.45, 2.75) is 79.1 Å². The summed E-state index contributed by atoms with van der Waals surface area (Å²) < 4.78 is 18.1. The lowest BCUT2D eigenvalue weighted by atomic mass is 9.37. The van der Waals surface area contributed by atoms with Crippen molar-refractivity contribution in [2.24, 2.45) is 0 Å². The zero-order valence-corrected chi connectivity index (χ0v) is 22.2. The van der Waals surface area contributed by atoms with Gasteiger partial charge in [-0.2, -0.15) is 0 Å². The van der Waals surface area contributed by atoms with Crippen LogP contribution in [0.25, 0.3) is 0 Å². The normalized spacial score (nSPS) is 12.3. The molecule has 4 heteroatoms. The Kier molecular flexibility index (Phi) is 7.40. The zero-order chi connectivity index (χ0) is 25.1. The fourth-order valence-electron chi connectivity index (χ4n) is 3.82. The number of benzene rings is 3. The highest BCUT2D eigenvalue weighted by atomic mass is 16.5. The van der Waals surface area contributed by atoms with Gasteiger partial charge in [0.15, 0.2) is 0 Å². The molecule has 0 atom stereocenters. The van der Waals surface area contributed by atoms with E-state index < -0.39 is 0 Å². The second kappa shape index (κ2) is 9.78. The molecule has 0 N–H and O–H groups in total. The smallest absolute Gasteiger partial charge is 0.241 e. The van der Waals surface area contributed by atoms with Gasteiger partial charge in [-0.3, -0.25) is 0 Å². The van der Waals surface area contributed by atoms with Crippen molar-refractivity contribution in [3.8, 4) is 17.2 Å². The number of hydrogen-bond acceptors (Lipinski definition) is 3. The van der Waals surface area contributed by atoms with Crippen molar-refractivity contribution in [1.29, 1.82) is 0 Å². The number of ether oxygens (including phenoxy) is 3. The maximum Gasteiger partial charge on any atom is 0.241 e. The van der Waals surface area contributed by atoms with Crippen molar-refractivity contribution in [2.75, 3.05) is 0 Å². The minimum absolute atomic E-state index is 0.0797. The first kappa shape index (κ1) is 25.7. The standard InChI is InChI=1S/C30H39BO3/c1-28(2,3)32-25-16-10-22(11-17-25)31(23-12-18-26(19-13-23)33-29(4,5)6)24-14-20-27(21-15-24)34-30(7,8)9/h10-21H,1-9H3. The van der Waals surface area contributed by atoms with Crippen molar-refractivity contribution < 1.29 is 14.2 Å². The molecule has 180 valence electrons. The molecular weight excluding hydrogens is 419 g/mol. The van der Waals surface area contributed by atoms with E-state index >= 15 is 0 Å². The van der Waals surface area contributed by atoms with Crippen LogP contribution in [0.5, 0.6) is 17.2 Å². The first-order chi connectivity index (χ1) is 15.7. The molecule has 34 heavy (non-hydrogen) atoms. The van der Waals surface area contributed by atoms with E-state index in [1.807, 2.05) is 0 Å². The Morgan fingerprint density at radius 1 is 0.382 bits per heavy atom. The summed E-state index contributed by atoms with van der Waals surface area (Å²) in [5.41, 5.74) is 2.92. The molecule has 0 aliphatic rings. The van der Waals surface area contributed by atoms with Gasteiger partial charge in [0.1, 0.15) is 34.1 Å². The van der Waals surface area contributed by atoms with Crippen LogP contribution in [-0.2, 0) is 0 Å². The van der Waals surface area contributed by atoms with Gasteiger partial charge in [-0.15, -0.1) is 0 Å². The Morgan fingerprint density at radius 3 is 0.765 bits per heavy atom. The average molecular weight is 458 g/mol. The van der Waals surface area contributed by atoms with Gasteiger partial charge < -0.3 is 14.2 Å². The summed E-state index contributed by atoms with van der Waals surface area (Å²) in [7, 11) is 0. The molecule has 0 heterocycles. The van der Waals surface area contributed by atoms with Gasteiger partial charge in [0.2, 0.25) is 6.71 Å². The van der Waals surface area contributed by atoms with Gasteiger partial charge in [-0.05, 0) is 98.7 Å². The molecule has 0 fully saturated rings. The van der Waals surface area contributed by atoms with E-state index in [0.29, 0.717) is 0 Å². The van der Waals surface area contributed by atoms with E-state index in [4.69, 9.17) is 14.2 Å². The van der Waals surface area contributed by atoms with Crippen LogP contribution in [0.4, 0.5) is 0 Å². The number of hydrogen-bond donors (Lipinski definition) is 0. The Hall–Kier alpha value is -2.88. The summed E-state index contributed by atoms with van der Waals surface area (Å²) in [6, 6.07) is 25.3. The summed E-state index contributed by atoms with van der Waals surface area (Å²) in [5, 5.41) is 0. The molecule has 0 amide bonds. The van der Waals surface area contributed by atoms with Gasteiger partial charge in [-0.25, -0.2) is 0 Å². The third-order valence-electron chi connectivity index (χ3n) is 4.91. The van der Waals surface area contributed by atoms with Crippen LogP contribution >= 0.6 is 0 Å². The molecule has 0 spiro atoms. The lowest BCUT2D eigenvalue weighted by molar-refractivity contribution is 0.130. The molecule has 0 radical (unpaired) electrons. The predicted octanol–water partition coefficient (Wildman–Crippen LogP) is 5.73. The van der Waals surface area contributed by atoms with Crippen LogP contribution < -0.4 is 30.6 Å². The fourth-order valence-corrected chi connectivity index (χ4v) is 3.82. The molecule has 0 aliphatic carbocycles. The Labute approximate surface area is 206 Å². The quantitative estimate of drug-likeness (QED) is 0.442. The molecule has 0 aliphatic heterocycles. The van der Waals surface area contributed by atoms with E-state index in [1.54, 1.807) is 0 Å². The van der Waals surface area contributed by atoms with Crippen molar-refractivity contribution >= 4 is 23.1 Å². The molecule has 3 aromatic carbocycles. The van der Waals surface area contributed by atoms with Gasteiger partial charge in [0.05, 0.1) is 0 Å². The third-order valence-corrected chi connectivity index (χ3v) is 4.91. The van der Waals surface area contributed by atoms with Crippen molar-refractivity contribution in [3.63, 3.8) is 0 Å². The van der Waals surface area contributed by atoms with Crippen LogP contribution in [0.3, 0.4) is 0 Å². The molecule has 0 bridgehead atoms. The summed E-state index contributed by atoms with van der Waals surface area (Å²) in [6.45, 7) is 18.6. The topological polar surface area (TPSA) is 27.7 Å². The van der Waals surface area contributed by atoms with E-state index in [1.165, 1.54) is 16.4 Å². The van der Waals surface area contributed by atoms with Gasteiger partial charge in [0.25, 0.3) is 0 Å². The molecule has 0 unspecified atom stereocenters. The average Bonchev–Trinajstić information content (AvgIpc) is 2.69. The van der Waals surface area contributed by atoms with Crippen LogP contribution in [-0.4, -0.2) is 23.5 Å². The highest BCUT2D eigenvalue weighted by molar-refractivity contribution is 6.95. The second-order valence-electron chi connectivity index (χ2n) is 11.8. The minimum atomic E-state index is -0.229. The zero-order valence-electron chi connectivity index (χ0n) is 22.2. The summed E-state index contributed by atoms with van der Waals surface area (Å²) in [5.74, 6) is 2.62. The molecule has 3 aromatic rings. The fraction of sp³-hybridized carbons (Fsp3) is 0.400. The minimum Gasteiger partial charge on any atom is -0.488 e. The van der Waals surface area contributed by atoms with Crippen LogP contribution in [0.15, 0.2) is 72.8 Å². The lowest BCUT2D eigenvalue weighted by Crippen LogP contribution is -2.51. The van der Waals surface area contributed by atoms with E-state index in [0.717, 1.165) is 17.2 Å². The largest absolute Gasteiger partial charge is 0.488 e. The highest BCUT2D eigenvalue weighted by Gasteiger charge is 2.23. The van der Waals surface area contributed by atoms with Gasteiger partial charge in [-0.1, -0.05) is 52.8 Å². The Morgan fingerprint density at radius 2 is 0.588 bits per heavy atom. The molecule has 3 nitrogen and oxygen atoms in total. The summed E-state index contributed by atoms with van der Waals surface area (Å²) in [4.78, 5) is 0. The highest BCUT2D eigenvalue weighted by Crippen LogP contribution is 2.19. The SMILES string of the molecule is CC(C)(C)Oc1ccc(B(c2ccc(OC(C)(C)C)cc2)c2ccc(OC(C)(C)C)cc2)cc1. The molecule has 0 saturated carbocycles. The third kappa shape index (κ3) is 7.86. The number of rotatable bonds is 6. The molecule has 3 rings (SSSR count). The van der Waals surface area contributed by atoms with Crippen molar-refractivity contribution in [1.82, 2.24) is 0 Å². The predicted molar refractivity (Wildman–Crippen MR) is 145 cm³/mol. The Balaban J connectivity index is 1.97. The van der Waals surface area contributed by atoms with E-state index in [9.17, 15) is 0 Å². The summed E-state index contributed by atoms with van der Waals surface area (Å²) >= 11 is 0. The first-order valence-corrected chi connectivity index (χ1v) is 12.1. The van der Waals surface area contributed by atoms with Crippen LogP contribution in [0.1, 0.15) is 62.3 Å². The van der Waals surface area contributed by atoms with Crippen LogP contribution in [0, 0.1) is 0 Å². The molecular formula is C30H39BO3. The molecule has 0 aromatic heterocycles. The monoisotopic (exact) mass is 458 g/mol. The van der Waals surface area contributed by atoms with Crippen LogP contribution in [0.2, 0.25) is 0 Å². The van der Waals surface area contributed by atoms with Crippen molar-refractivity contribution in [3.05, 3.63) is 72.8 Å². The van der Waals surface area contributed by atoms with Gasteiger partial charge >= 0.3 is 0 Å².